The van der Waals surface area contributed by atoms with Gasteiger partial charge in [-0.3, -0.25) is 0 Å². The van der Waals surface area contributed by atoms with Crippen molar-refractivity contribution in [3.05, 3.63) is 28.2 Å². The van der Waals surface area contributed by atoms with Gasteiger partial charge in [0.1, 0.15) is 0 Å². The topological polar surface area (TPSA) is 15.3 Å². The Hall–Kier alpha value is -0.750. The maximum Gasteiger partial charge on any atom is 0.416 e. The summed E-state index contributed by atoms with van der Waals surface area (Å²) in [5, 5.41) is 3.01. The van der Waals surface area contributed by atoms with Crippen molar-refractivity contribution in [3.63, 3.8) is 0 Å². The molecule has 1 aromatic rings. The quantitative estimate of drug-likeness (QED) is 0.828. The molecule has 0 aliphatic heterocycles. The molecule has 2 nitrogen and oxygen atoms in total. The number of hydrogen-bond donors (Lipinski definition) is 1. The number of rotatable bonds is 5. The van der Waals surface area contributed by atoms with Crippen molar-refractivity contribution in [2.45, 2.75) is 12.6 Å². The summed E-state index contributed by atoms with van der Waals surface area (Å²) >= 11 is 3.24. The van der Waals surface area contributed by atoms with Gasteiger partial charge in [0.05, 0.1) is 5.56 Å². The Bertz CT molecular complexity index is 391. The van der Waals surface area contributed by atoms with Crippen LogP contribution >= 0.6 is 15.9 Å². The smallest absolute Gasteiger partial charge is 0.384 e. The Morgan fingerprint density at radius 1 is 1.28 bits per heavy atom. The third-order valence-electron chi connectivity index (χ3n) is 2.39. The highest BCUT2D eigenvalue weighted by atomic mass is 79.9. The molecule has 1 rings (SSSR count). The molecule has 0 radical (unpaired) electrons. The SMILES string of the molecule is CN(C)CCCNc1cc(C(F)(F)F)ccc1Br. The molecular weight excluding hydrogens is 309 g/mol. The molecule has 0 fully saturated rings. The molecule has 1 aromatic carbocycles. The van der Waals surface area contributed by atoms with E-state index in [0.717, 1.165) is 25.1 Å². The van der Waals surface area contributed by atoms with Crippen molar-refractivity contribution in [1.82, 2.24) is 4.90 Å². The lowest BCUT2D eigenvalue weighted by Crippen LogP contribution is -2.16. The molecule has 0 aliphatic carbocycles. The van der Waals surface area contributed by atoms with E-state index in [1.807, 2.05) is 19.0 Å². The van der Waals surface area contributed by atoms with Crippen LogP contribution in [0, 0.1) is 0 Å². The first-order chi connectivity index (χ1) is 8.30. The monoisotopic (exact) mass is 324 g/mol. The number of benzene rings is 1. The normalized spacial score (nSPS) is 11.9. The highest BCUT2D eigenvalue weighted by molar-refractivity contribution is 9.10. The van der Waals surface area contributed by atoms with Crippen molar-refractivity contribution in [3.8, 4) is 0 Å². The third kappa shape index (κ3) is 4.86. The molecule has 0 heterocycles. The highest BCUT2D eigenvalue weighted by Gasteiger charge is 2.30. The minimum Gasteiger partial charge on any atom is -0.384 e. The van der Waals surface area contributed by atoms with Gasteiger partial charge in [0, 0.05) is 16.7 Å². The fourth-order valence-electron chi connectivity index (χ4n) is 1.46. The van der Waals surface area contributed by atoms with Gasteiger partial charge in [-0.25, -0.2) is 0 Å². The molecule has 0 spiro atoms. The Kier molecular flexibility index (Phi) is 5.47. The summed E-state index contributed by atoms with van der Waals surface area (Å²) in [6.45, 7) is 1.53. The Labute approximate surface area is 113 Å². The molecule has 0 bridgehead atoms. The van der Waals surface area contributed by atoms with Crippen molar-refractivity contribution in [1.29, 1.82) is 0 Å². The minimum absolute atomic E-state index is 0.476. The molecule has 102 valence electrons. The largest absolute Gasteiger partial charge is 0.416 e. The van der Waals surface area contributed by atoms with E-state index in [1.54, 1.807) is 0 Å². The summed E-state index contributed by atoms with van der Waals surface area (Å²) in [5.74, 6) is 0. The minimum atomic E-state index is -4.30. The van der Waals surface area contributed by atoms with Crippen LogP contribution in [0.4, 0.5) is 18.9 Å². The van der Waals surface area contributed by atoms with Crippen molar-refractivity contribution in [2.24, 2.45) is 0 Å². The van der Waals surface area contributed by atoms with E-state index in [1.165, 1.54) is 6.07 Å². The van der Waals surface area contributed by atoms with Crippen molar-refractivity contribution < 1.29 is 13.2 Å². The zero-order valence-electron chi connectivity index (χ0n) is 10.3. The summed E-state index contributed by atoms with van der Waals surface area (Å²) in [5.41, 5.74) is -0.163. The number of nitrogens with zero attached hydrogens (tertiary/aromatic N) is 1. The average molecular weight is 325 g/mol. The van der Waals surface area contributed by atoms with Gasteiger partial charge in [0.15, 0.2) is 0 Å². The van der Waals surface area contributed by atoms with Crippen LogP contribution in [0.5, 0.6) is 0 Å². The van der Waals surface area contributed by atoms with Gasteiger partial charge in [-0.15, -0.1) is 0 Å². The van der Waals surface area contributed by atoms with Crippen molar-refractivity contribution >= 4 is 21.6 Å². The first-order valence-electron chi connectivity index (χ1n) is 5.56. The second kappa shape index (κ2) is 6.43. The molecule has 6 heteroatoms. The van der Waals surface area contributed by atoms with Crippen LogP contribution in [-0.4, -0.2) is 32.1 Å². The van der Waals surface area contributed by atoms with Crippen LogP contribution in [-0.2, 0) is 6.18 Å². The second-order valence-electron chi connectivity index (χ2n) is 4.28. The number of halogens is 4. The zero-order chi connectivity index (χ0) is 13.8. The number of alkyl halides is 3. The van der Waals surface area contributed by atoms with E-state index in [4.69, 9.17) is 0 Å². The first kappa shape index (κ1) is 15.3. The summed E-state index contributed by atoms with van der Waals surface area (Å²) in [6.07, 6.45) is -3.43. The lowest BCUT2D eigenvalue weighted by atomic mass is 10.2. The lowest BCUT2D eigenvalue weighted by molar-refractivity contribution is -0.137. The molecule has 0 amide bonds. The van der Waals surface area contributed by atoms with Crippen LogP contribution in [0.2, 0.25) is 0 Å². The Balaban J connectivity index is 2.64. The zero-order valence-corrected chi connectivity index (χ0v) is 11.9. The fourth-order valence-corrected chi connectivity index (χ4v) is 1.84. The first-order valence-corrected chi connectivity index (χ1v) is 6.35. The molecule has 0 saturated heterocycles. The molecule has 0 aromatic heterocycles. The predicted octanol–water partition coefficient (Wildman–Crippen LogP) is 3.83. The highest BCUT2D eigenvalue weighted by Crippen LogP contribution is 2.33. The summed E-state index contributed by atoms with van der Waals surface area (Å²) in [4.78, 5) is 2.03. The van der Waals surface area contributed by atoms with Crippen LogP contribution in [0.3, 0.4) is 0 Å². The van der Waals surface area contributed by atoms with Gasteiger partial charge in [-0.05, 0) is 61.2 Å². The third-order valence-corrected chi connectivity index (χ3v) is 3.08. The molecule has 0 unspecified atom stereocenters. The van der Waals surface area contributed by atoms with Gasteiger partial charge in [-0.2, -0.15) is 13.2 Å². The van der Waals surface area contributed by atoms with Crippen LogP contribution in [0.1, 0.15) is 12.0 Å². The number of nitrogens with one attached hydrogen (secondary N) is 1. The van der Waals surface area contributed by atoms with E-state index in [2.05, 4.69) is 21.2 Å². The van der Waals surface area contributed by atoms with E-state index in [9.17, 15) is 13.2 Å². The number of anilines is 1. The van der Waals surface area contributed by atoms with E-state index >= 15 is 0 Å². The van der Waals surface area contributed by atoms with Crippen LogP contribution in [0.15, 0.2) is 22.7 Å². The summed E-state index contributed by atoms with van der Waals surface area (Å²) in [6, 6.07) is 3.60. The van der Waals surface area contributed by atoms with Crippen LogP contribution < -0.4 is 5.32 Å². The van der Waals surface area contributed by atoms with Gasteiger partial charge in [-0.1, -0.05) is 0 Å². The fraction of sp³-hybridized carbons (Fsp3) is 0.500. The van der Waals surface area contributed by atoms with Gasteiger partial charge < -0.3 is 10.2 Å². The Morgan fingerprint density at radius 3 is 2.50 bits per heavy atom. The molecule has 0 saturated carbocycles. The molecule has 18 heavy (non-hydrogen) atoms. The Morgan fingerprint density at radius 2 is 1.94 bits per heavy atom. The van der Waals surface area contributed by atoms with Gasteiger partial charge in [0.2, 0.25) is 0 Å². The predicted molar refractivity (Wildman–Crippen MR) is 70.8 cm³/mol. The van der Waals surface area contributed by atoms with E-state index < -0.39 is 11.7 Å². The summed E-state index contributed by atoms with van der Waals surface area (Å²) < 4.78 is 38.3. The maximum atomic E-state index is 12.5. The second-order valence-corrected chi connectivity index (χ2v) is 5.13. The van der Waals surface area contributed by atoms with Gasteiger partial charge in [0.25, 0.3) is 0 Å². The van der Waals surface area contributed by atoms with E-state index in [-0.39, 0.29) is 0 Å². The number of hydrogen-bond acceptors (Lipinski definition) is 2. The van der Waals surface area contributed by atoms with Crippen LogP contribution in [0.25, 0.3) is 0 Å². The maximum absolute atomic E-state index is 12.5. The average Bonchev–Trinajstić information content (AvgIpc) is 2.24. The molecule has 0 aliphatic rings. The van der Waals surface area contributed by atoms with E-state index in [0.29, 0.717) is 16.7 Å². The lowest BCUT2D eigenvalue weighted by Gasteiger charge is -2.14. The standard InChI is InChI=1S/C12H16BrF3N2/c1-18(2)7-3-6-17-11-8-9(12(14,15)16)4-5-10(11)13/h4-5,8,17H,3,6-7H2,1-2H3. The van der Waals surface area contributed by atoms with Gasteiger partial charge >= 0.3 is 6.18 Å². The van der Waals surface area contributed by atoms with Crippen molar-refractivity contribution in [2.75, 3.05) is 32.5 Å². The molecular formula is C12H16BrF3N2. The molecule has 0 atom stereocenters. The summed E-state index contributed by atoms with van der Waals surface area (Å²) in [7, 11) is 3.92. The molecule has 1 N–H and O–H groups in total.